The summed E-state index contributed by atoms with van der Waals surface area (Å²) in [6.45, 7) is 4.30. The highest BCUT2D eigenvalue weighted by atomic mass is 16.1. The Labute approximate surface area is 148 Å². The number of fused-ring (bicyclic) bond motifs is 1. The lowest BCUT2D eigenvalue weighted by Crippen LogP contribution is -2.38. The number of hydrogen-bond donors (Lipinski definition) is 2. The molecule has 0 radical (unpaired) electrons. The van der Waals surface area contributed by atoms with Crippen molar-refractivity contribution >= 4 is 16.8 Å². The van der Waals surface area contributed by atoms with Gasteiger partial charge in [0.05, 0.1) is 10.9 Å². The molecule has 1 atom stereocenters. The van der Waals surface area contributed by atoms with E-state index in [1.165, 1.54) is 12.8 Å². The predicted molar refractivity (Wildman–Crippen MR) is 99.4 cm³/mol. The van der Waals surface area contributed by atoms with Crippen LogP contribution < -0.4 is 10.9 Å². The van der Waals surface area contributed by atoms with Gasteiger partial charge in [-0.05, 0) is 49.7 Å². The summed E-state index contributed by atoms with van der Waals surface area (Å²) >= 11 is 0. The van der Waals surface area contributed by atoms with Crippen molar-refractivity contribution in [3.05, 3.63) is 40.4 Å². The Kier molecular flexibility index (Phi) is 5.51. The van der Waals surface area contributed by atoms with Gasteiger partial charge in [0.15, 0.2) is 0 Å². The first-order valence-corrected chi connectivity index (χ1v) is 9.28. The number of hydrogen-bond acceptors (Lipinski definition) is 3. The monoisotopic (exact) mass is 341 g/mol. The van der Waals surface area contributed by atoms with Crippen LogP contribution >= 0.6 is 0 Å². The number of benzene rings is 1. The molecular weight excluding hydrogens is 314 g/mol. The number of carbonyl (C=O) groups is 1. The zero-order valence-corrected chi connectivity index (χ0v) is 15.0. The molecule has 5 nitrogen and oxygen atoms in total. The molecule has 1 heterocycles. The van der Waals surface area contributed by atoms with E-state index >= 15 is 0 Å². The van der Waals surface area contributed by atoms with Gasteiger partial charge in [-0.2, -0.15) is 0 Å². The zero-order valence-electron chi connectivity index (χ0n) is 15.0. The van der Waals surface area contributed by atoms with E-state index in [1.54, 1.807) is 6.07 Å². The van der Waals surface area contributed by atoms with Gasteiger partial charge in [-0.25, -0.2) is 4.98 Å². The van der Waals surface area contributed by atoms with Gasteiger partial charge in [0.25, 0.3) is 5.56 Å². The zero-order chi connectivity index (χ0) is 17.8. The number of aromatic amines is 1. The van der Waals surface area contributed by atoms with Crippen molar-refractivity contribution in [2.75, 3.05) is 0 Å². The normalized spacial score (nSPS) is 21.8. The van der Waals surface area contributed by atoms with Gasteiger partial charge in [0, 0.05) is 18.9 Å². The van der Waals surface area contributed by atoms with Gasteiger partial charge >= 0.3 is 0 Å². The van der Waals surface area contributed by atoms with Crippen LogP contribution in [0.15, 0.2) is 29.1 Å². The minimum atomic E-state index is -0.117. The van der Waals surface area contributed by atoms with Crippen molar-refractivity contribution in [3.8, 4) is 0 Å². The number of nitrogens with one attached hydrogen (secondary N) is 2. The van der Waals surface area contributed by atoms with E-state index in [0.29, 0.717) is 35.6 Å². The maximum Gasteiger partial charge on any atom is 0.258 e. The molecule has 3 rings (SSSR count). The van der Waals surface area contributed by atoms with E-state index < -0.39 is 0 Å². The van der Waals surface area contributed by atoms with Crippen LogP contribution in [0.3, 0.4) is 0 Å². The fourth-order valence-electron chi connectivity index (χ4n) is 3.64. The molecule has 2 aromatic rings. The molecule has 134 valence electrons. The smallest absolute Gasteiger partial charge is 0.258 e. The van der Waals surface area contributed by atoms with Crippen LogP contribution in [-0.4, -0.2) is 21.9 Å². The molecule has 0 aliphatic heterocycles. The SMILES string of the molecule is CC1CCC(NC(=O)C[C@H](C)Cc2nc3ccccc3c(=O)[nH]2)CC1. The molecule has 2 N–H and O–H groups in total. The summed E-state index contributed by atoms with van der Waals surface area (Å²) in [5.74, 6) is 1.67. The summed E-state index contributed by atoms with van der Waals surface area (Å²) in [7, 11) is 0. The van der Waals surface area contributed by atoms with Crippen LogP contribution in [-0.2, 0) is 11.2 Å². The standard InChI is InChI=1S/C20H27N3O2/c1-13-7-9-15(10-8-13)21-19(24)12-14(2)11-18-22-17-6-4-3-5-16(17)20(25)23-18/h3-6,13-15H,7-12H2,1-2H3,(H,21,24)(H,22,23,25)/t13?,14-,15?/m1/s1. The lowest BCUT2D eigenvalue weighted by Gasteiger charge is -2.27. The van der Waals surface area contributed by atoms with E-state index in [1.807, 2.05) is 25.1 Å². The largest absolute Gasteiger partial charge is 0.353 e. The van der Waals surface area contributed by atoms with E-state index in [4.69, 9.17) is 0 Å². The average molecular weight is 341 g/mol. The number of rotatable bonds is 5. The molecule has 1 aromatic carbocycles. The minimum absolute atomic E-state index is 0.107. The Morgan fingerprint density at radius 1 is 1.28 bits per heavy atom. The van der Waals surface area contributed by atoms with Gasteiger partial charge in [0.1, 0.15) is 5.82 Å². The number of para-hydroxylation sites is 1. The van der Waals surface area contributed by atoms with Gasteiger partial charge < -0.3 is 10.3 Å². The number of nitrogens with zero attached hydrogens (tertiary/aromatic N) is 1. The van der Waals surface area contributed by atoms with Gasteiger partial charge in [-0.1, -0.05) is 26.0 Å². The maximum atomic E-state index is 12.3. The molecule has 1 fully saturated rings. The van der Waals surface area contributed by atoms with Crippen molar-refractivity contribution in [1.29, 1.82) is 0 Å². The number of aromatic nitrogens is 2. The minimum Gasteiger partial charge on any atom is -0.353 e. The lowest BCUT2D eigenvalue weighted by atomic mass is 9.87. The second-order valence-electron chi connectivity index (χ2n) is 7.57. The van der Waals surface area contributed by atoms with Gasteiger partial charge in [-0.3, -0.25) is 9.59 Å². The molecule has 0 spiro atoms. The van der Waals surface area contributed by atoms with E-state index in [-0.39, 0.29) is 17.4 Å². The summed E-state index contributed by atoms with van der Waals surface area (Å²) in [4.78, 5) is 31.7. The van der Waals surface area contributed by atoms with Crippen molar-refractivity contribution in [2.45, 2.75) is 58.4 Å². The van der Waals surface area contributed by atoms with Crippen LogP contribution in [0.2, 0.25) is 0 Å². The summed E-state index contributed by atoms with van der Waals surface area (Å²) in [5.41, 5.74) is 0.586. The predicted octanol–water partition coefficient (Wildman–Crippen LogP) is 3.19. The summed E-state index contributed by atoms with van der Waals surface area (Å²) in [6, 6.07) is 7.65. The molecular formula is C20H27N3O2. The van der Waals surface area contributed by atoms with Crippen molar-refractivity contribution in [1.82, 2.24) is 15.3 Å². The molecule has 1 saturated carbocycles. The Hall–Kier alpha value is -2.17. The van der Waals surface area contributed by atoms with Gasteiger partial charge in [0.2, 0.25) is 5.91 Å². The molecule has 25 heavy (non-hydrogen) atoms. The van der Waals surface area contributed by atoms with Crippen LogP contribution in [0.5, 0.6) is 0 Å². The number of H-pyrrole nitrogens is 1. The third kappa shape index (κ3) is 4.68. The Morgan fingerprint density at radius 2 is 2.00 bits per heavy atom. The highest BCUT2D eigenvalue weighted by molar-refractivity contribution is 5.77. The lowest BCUT2D eigenvalue weighted by molar-refractivity contribution is -0.122. The molecule has 1 aromatic heterocycles. The molecule has 0 unspecified atom stereocenters. The molecule has 5 heteroatoms. The third-order valence-corrected chi connectivity index (χ3v) is 5.12. The second kappa shape index (κ2) is 7.81. The Balaban J connectivity index is 1.56. The second-order valence-corrected chi connectivity index (χ2v) is 7.57. The number of carbonyl (C=O) groups excluding carboxylic acids is 1. The van der Waals surface area contributed by atoms with E-state index in [2.05, 4.69) is 22.2 Å². The van der Waals surface area contributed by atoms with Crippen LogP contribution in [0.25, 0.3) is 10.9 Å². The van der Waals surface area contributed by atoms with Crippen LogP contribution in [0.1, 0.15) is 51.8 Å². The first kappa shape index (κ1) is 17.6. The molecule has 1 aliphatic carbocycles. The average Bonchev–Trinajstić information content (AvgIpc) is 2.57. The third-order valence-electron chi connectivity index (χ3n) is 5.12. The molecule has 1 aliphatic rings. The van der Waals surface area contributed by atoms with Crippen LogP contribution in [0.4, 0.5) is 0 Å². The van der Waals surface area contributed by atoms with Gasteiger partial charge in [-0.15, -0.1) is 0 Å². The Morgan fingerprint density at radius 3 is 2.76 bits per heavy atom. The summed E-state index contributed by atoms with van der Waals surface area (Å²) in [5, 5.41) is 3.77. The van der Waals surface area contributed by atoms with Crippen LogP contribution in [0, 0.1) is 11.8 Å². The Bertz CT molecular complexity index is 791. The first-order chi connectivity index (χ1) is 12.0. The highest BCUT2D eigenvalue weighted by Gasteiger charge is 2.20. The fourth-order valence-corrected chi connectivity index (χ4v) is 3.64. The van der Waals surface area contributed by atoms with E-state index in [9.17, 15) is 9.59 Å². The molecule has 0 bridgehead atoms. The summed E-state index contributed by atoms with van der Waals surface area (Å²) < 4.78 is 0. The molecule has 0 saturated heterocycles. The first-order valence-electron chi connectivity index (χ1n) is 9.28. The molecule has 1 amide bonds. The quantitative estimate of drug-likeness (QED) is 0.877. The van der Waals surface area contributed by atoms with Crippen molar-refractivity contribution in [2.24, 2.45) is 11.8 Å². The van der Waals surface area contributed by atoms with E-state index in [0.717, 1.165) is 18.8 Å². The van der Waals surface area contributed by atoms with Crippen molar-refractivity contribution in [3.63, 3.8) is 0 Å². The maximum absolute atomic E-state index is 12.3. The topological polar surface area (TPSA) is 74.8 Å². The number of amides is 1. The fraction of sp³-hybridized carbons (Fsp3) is 0.550. The van der Waals surface area contributed by atoms with Crippen molar-refractivity contribution < 1.29 is 4.79 Å². The highest BCUT2D eigenvalue weighted by Crippen LogP contribution is 2.23. The summed E-state index contributed by atoms with van der Waals surface area (Å²) in [6.07, 6.45) is 5.62.